The second kappa shape index (κ2) is 8.29. The highest BCUT2D eigenvalue weighted by molar-refractivity contribution is 7.91. The molecule has 0 saturated carbocycles. The lowest BCUT2D eigenvalue weighted by Gasteiger charge is -2.30. The van der Waals surface area contributed by atoms with Gasteiger partial charge in [-0.2, -0.15) is 0 Å². The number of hydrogen-bond donors (Lipinski definition) is 1. The zero-order valence-electron chi connectivity index (χ0n) is 15.7. The molecule has 2 aliphatic heterocycles. The fourth-order valence-corrected chi connectivity index (χ4v) is 4.71. The molecule has 1 aromatic rings. The van der Waals surface area contributed by atoms with Gasteiger partial charge in [-0.1, -0.05) is 6.92 Å². The summed E-state index contributed by atoms with van der Waals surface area (Å²) in [6, 6.07) is 6.57. The van der Waals surface area contributed by atoms with Gasteiger partial charge >= 0.3 is 6.03 Å². The molecule has 3 amide bonds. The van der Waals surface area contributed by atoms with E-state index in [4.69, 9.17) is 0 Å². The Kier molecular flexibility index (Phi) is 6.04. The van der Waals surface area contributed by atoms with E-state index in [2.05, 4.69) is 12.2 Å². The van der Waals surface area contributed by atoms with Gasteiger partial charge in [-0.15, -0.1) is 0 Å². The summed E-state index contributed by atoms with van der Waals surface area (Å²) < 4.78 is 23.3. The van der Waals surface area contributed by atoms with E-state index in [1.54, 1.807) is 24.3 Å². The normalized spacial score (nSPS) is 20.8. The average molecular weight is 394 g/mol. The lowest BCUT2D eigenvalue weighted by molar-refractivity contribution is 0.0697. The molecule has 1 N–H and O–H groups in total. The van der Waals surface area contributed by atoms with Crippen LogP contribution in [-0.2, 0) is 9.84 Å². The van der Waals surface area contributed by atoms with Crippen LogP contribution < -0.4 is 5.32 Å². The van der Waals surface area contributed by atoms with Crippen molar-refractivity contribution in [2.45, 2.75) is 26.2 Å². The minimum Gasteiger partial charge on any atom is -0.339 e. The zero-order valence-corrected chi connectivity index (χ0v) is 16.5. The highest BCUT2D eigenvalue weighted by Crippen LogP contribution is 2.19. The van der Waals surface area contributed by atoms with Crippen LogP contribution >= 0.6 is 0 Å². The molecule has 148 valence electrons. The third-order valence-electron chi connectivity index (χ3n) is 5.30. The first-order chi connectivity index (χ1) is 12.8. The zero-order chi connectivity index (χ0) is 19.4. The van der Waals surface area contributed by atoms with Gasteiger partial charge in [0.1, 0.15) is 0 Å². The molecule has 0 spiro atoms. The summed E-state index contributed by atoms with van der Waals surface area (Å²) in [5.74, 6) is 0.823. The standard InChI is InChI=1S/C19H27N3O4S/c1-15-7-10-21(11-8-15)18(23)16-3-5-17(6-4-16)20-19(24)22-9-2-13-27(25,26)14-12-22/h3-6,15H,2,7-14H2,1H3,(H,20,24). The molecular formula is C19H27N3O4S. The first-order valence-corrected chi connectivity index (χ1v) is 11.3. The molecule has 3 rings (SSSR count). The van der Waals surface area contributed by atoms with Gasteiger partial charge < -0.3 is 15.1 Å². The third kappa shape index (κ3) is 5.22. The van der Waals surface area contributed by atoms with E-state index in [0.717, 1.165) is 25.9 Å². The molecule has 0 radical (unpaired) electrons. The topological polar surface area (TPSA) is 86.8 Å². The number of carbonyl (C=O) groups excluding carboxylic acids is 2. The Morgan fingerprint density at radius 3 is 2.30 bits per heavy atom. The predicted molar refractivity (Wildman–Crippen MR) is 105 cm³/mol. The average Bonchev–Trinajstić information content (AvgIpc) is 2.83. The Balaban J connectivity index is 1.57. The van der Waals surface area contributed by atoms with Crippen molar-refractivity contribution < 1.29 is 18.0 Å². The monoisotopic (exact) mass is 393 g/mol. The second-order valence-electron chi connectivity index (χ2n) is 7.47. The van der Waals surface area contributed by atoms with Crippen molar-refractivity contribution in [3.8, 4) is 0 Å². The van der Waals surface area contributed by atoms with Gasteiger partial charge in [0.25, 0.3) is 5.91 Å². The summed E-state index contributed by atoms with van der Waals surface area (Å²) in [4.78, 5) is 28.3. The first kappa shape index (κ1) is 19.7. The Hall–Kier alpha value is -2.09. The van der Waals surface area contributed by atoms with E-state index in [1.807, 2.05) is 4.90 Å². The van der Waals surface area contributed by atoms with Crippen LogP contribution in [0.1, 0.15) is 36.5 Å². The van der Waals surface area contributed by atoms with Crippen LogP contribution in [0, 0.1) is 5.92 Å². The number of likely N-dealkylation sites (tertiary alicyclic amines) is 1. The number of sulfone groups is 1. The van der Waals surface area contributed by atoms with E-state index < -0.39 is 9.84 Å². The summed E-state index contributed by atoms with van der Waals surface area (Å²) >= 11 is 0. The van der Waals surface area contributed by atoms with Crippen LogP contribution in [-0.4, -0.2) is 67.8 Å². The van der Waals surface area contributed by atoms with Crippen molar-refractivity contribution in [3.63, 3.8) is 0 Å². The number of nitrogens with one attached hydrogen (secondary N) is 1. The summed E-state index contributed by atoms with van der Waals surface area (Å²) in [6.07, 6.45) is 2.52. The molecule has 2 fully saturated rings. The maximum absolute atomic E-state index is 12.6. The minimum absolute atomic E-state index is 0.00229. The fourth-order valence-electron chi connectivity index (χ4n) is 3.43. The van der Waals surface area contributed by atoms with Gasteiger partial charge in [0.2, 0.25) is 0 Å². The van der Waals surface area contributed by atoms with Gasteiger partial charge in [-0.3, -0.25) is 4.79 Å². The van der Waals surface area contributed by atoms with Gasteiger partial charge in [0.05, 0.1) is 11.5 Å². The Bertz CT molecular complexity index is 784. The molecule has 7 nitrogen and oxygen atoms in total. The van der Waals surface area contributed by atoms with E-state index >= 15 is 0 Å². The Morgan fingerprint density at radius 1 is 0.963 bits per heavy atom. The number of nitrogens with zero attached hydrogens (tertiary/aromatic N) is 2. The smallest absolute Gasteiger partial charge is 0.321 e. The van der Waals surface area contributed by atoms with Crippen LogP contribution in [0.25, 0.3) is 0 Å². The molecular weight excluding hydrogens is 366 g/mol. The largest absolute Gasteiger partial charge is 0.339 e. The molecule has 2 aliphatic rings. The number of anilines is 1. The quantitative estimate of drug-likeness (QED) is 0.835. The van der Waals surface area contributed by atoms with E-state index in [-0.39, 0.29) is 30.0 Å². The van der Waals surface area contributed by atoms with Crippen molar-refractivity contribution in [2.75, 3.05) is 43.0 Å². The first-order valence-electron chi connectivity index (χ1n) is 9.50. The van der Waals surface area contributed by atoms with Crippen LogP contribution in [0.2, 0.25) is 0 Å². The van der Waals surface area contributed by atoms with Gasteiger partial charge in [0, 0.05) is 37.4 Å². The molecule has 2 saturated heterocycles. The van der Waals surface area contributed by atoms with Crippen molar-refractivity contribution in [1.29, 1.82) is 0 Å². The number of rotatable bonds is 2. The summed E-state index contributed by atoms with van der Waals surface area (Å²) in [7, 11) is -3.05. The number of carbonyl (C=O) groups is 2. The van der Waals surface area contributed by atoms with E-state index in [0.29, 0.717) is 30.1 Å². The lowest BCUT2D eigenvalue weighted by atomic mass is 9.98. The van der Waals surface area contributed by atoms with E-state index in [9.17, 15) is 18.0 Å². The highest BCUT2D eigenvalue weighted by atomic mass is 32.2. The number of amides is 3. The highest BCUT2D eigenvalue weighted by Gasteiger charge is 2.23. The summed E-state index contributed by atoms with van der Waals surface area (Å²) in [6.45, 7) is 4.42. The molecule has 2 heterocycles. The van der Waals surface area contributed by atoms with Crippen molar-refractivity contribution in [3.05, 3.63) is 29.8 Å². The third-order valence-corrected chi connectivity index (χ3v) is 7.01. The molecule has 0 unspecified atom stereocenters. The van der Waals surface area contributed by atoms with Crippen LogP contribution in [0.3, 0.4) is 0 Å². The summed E-state index contributed by atoms with van der Waals surface area (Å²) in [5, 5.41) is 2.79. The minimum atomic E-state index is -3.05. The van der Waals surface area contributed by atoms with Gasteiger partial charge in [-0.25, -0.2) is 13.2 Å². The Labute approximate surface area is 160 Å². The summed E-state index contributed by atoms with van der Waals surface area (Å²) in [5.41, 5.74) is 1.21. The molecule has 0 aromatic heterocycles. The van der Waals surface area contributed by atoms with Gasteiger partial charge in [0.15, 0.2) is 9.84 Å². The molecule has 0 atom stereocenters. The maximum atomic E-state index is 12.6. The molecule has 0 bridgehead atoms. The van der Waals surface area contributed by atoms with E-state index in [1.165, 1.54) is 4.90 Å². The number of benzene rings is 1. The lowest BCUT2D eigenvalue weighted by Crippen LogP contribution is -2.38. The fraction of sp³-hybridized carbons (Fsp3) is 0.579. The maximum Gasteiger partial charge on any atom is 0.321 e. The van der Waals surface area contributed by atoms with Crippen molar-refractivity contribution in [1.82, 2.24) is 9.80 Å². The number of piperidine rings is 1. The molecule has 8 heteroatoms. The van der Waals surface area contributed by atoms with Crippen LogP contribution in [0.15, 0.2) is 24.3 Å². The Morgan fingerprint density at radius 2 is 1.63 bits per heavy atom. The predicted octanol–water partition coefficient (Wildman–Crippen LogP) is 2.21. The van der Waals surface area contributed by atoms with Crippen molar-refractivity contribution >= 4 is 27.5 Å². The van der Waals surface area contributed by atoms with Crippen LogP contribution in [0.4, 0.5) is 10.5 Å². The second-order valence-corrected chi connectivity index (χ2v) is 9.78. The van der Waals surface area contributed by atoms with Crippen LogP contribution in [0.5, 0.6) is 0 Å². The molecule has 0 aliphatic carbocycles. The SMILES string of the molecule is CC1CCN(C(=O)c2ccc(NC(=O)N3CCCS(=O)(=O)CC3)cc2)CC1. The number of urea groups is 1. The van der Waals surface area contributed by atoms with Gasteiger partial charge in [-0.05, 0) is 49.4 Å². The van der Waals surface area contributed by atoms with Crippen molar-refractivity contribution in [2.24, 2.45) is 5.92 Å². The molecule has 1 aromatic carbocycles. The number of hydrogen-bond acceptors (Lipinski definition) is 4. The molecule has 27 heavy (non-hydrogen) atoms.